The number of nitrogens with zero attached hydrogens (tertiary/aromatic N) is 3. The van der Waals surface area contributed by atoms with Crippen molar-refractivity contribution in [3.8, 4) is 0 Å². The molecule has 0 saturated heterocycles. The maximum atomic E-state index is 10.4. The fourth-order valence-electron chi connectivity index (χ4n) is 1.47. The summed E-state index contributed by atoms with van der Waals surface area (Å²) in [5.74, 6) is -0.767. The number of imidazole rings is 1. The lowest BCUT2D eigenvalue weighted by Gasteiger charge is -1.98. The number of carbonyl (C=O) groups is 1. The van der Waals surface area contributed by atoms with E-state index in [4.69, 9.17) is 5.11 Å². The van der Waals surface area contributed by atoms with Gasteiger partial charge in [-0.3, -0.25) is 4.79 Å². The van der Waals surface area contributed by atoms with Gasteiger partial charge in [-0.25, -0.2) is 9.50 Å². The van der Waals surface area contributed by atoms with Gasteiger partial charge in [0.25, 0.3) is 0 Å². The fourth-order valence-corrected chi connectivity index (χ4v) is 1.47. The van der Waals surface area contributed by atoms with Crippen LogP contribution in [0.3, 0.4) is 0 Å². The Labute approximate surface area is 86.4 Å². The minimum atomic E-state index is -0.767. The topological polar surface area (TPSA) is 67.5 Å². The van der Waals surface area contributed by atoms with Crippen molar-refractivity contribution in [1.82, 2.24) is 14.6 Å². The van der Waals surface area contributed by atoms with E-state index >= 15 is 0 Å². The summed E-state index contributed by atoms with van der Waals surface area (Å²) in [6.45, 7) is 0. The van der Waals surface area contributed by atoms with Crippen molar-refractivity contribution in [3.63, 3.8) is 0 Å². The highest BCUT2D eigenvalue weighted by Gasteiger charge is 2.04. The number of aryl methyl sites for hydroxylation is 1. The summed E-state index contributed by atoms with van der Waals surface area (Å²) >= 11 is 0. The van der Waals surface area contributed by atoms with E-state index in [0.29, 0.717) is 12.8 Å². The van der Waals surface area contributed by atoms with Crippen LogP contribution in [0, 0.1) is 0 Å². The number of hydrogen-bond acceptors (Lipinski definition) is 3. The van der Waals surface area contributed by atoms with E-state index in [-0.39, 0.29) is 6.42 Å². The molecule has 5 nitrogen and oxygen atoms in total. The summed E-state index contributed by atoms with van der Waals surface area (Å²) in [6, 6.07) is 3.69. The van der Waals surface area contributed by atoms with Crippen LogP contribution in [0.4, 0.5) is 0 Å². The zero-order valence-electron chi connectivity index (χ0n) is 8.13. The predicted molar refractivity (Wildman–Crippen MR) is 53.6 cm³/mol. The summed E-state index contributed by atoms with van der Waals surface area (Å²) < 4.78 is 1.74. The SMILES string of the molecule is O=C(O)CCCc1cnc2cccnn12. The zero-order chi connectivity index (χ0) is 10.7. The molecular formula is C10H11N3O2. The monoisotopic (exact) mass is 205 g/mol. The van der Waals surface area contributed by atoms with Crippen LogP contribution in [0.5, 0.6) is 0 Å². The van der Waals surface area contributed by atoms with Crippen molar-refractivity contribution in [2.24, 2.45) is 0 Å². The van der Waals surface area contributed by atoms with Crippen molar-refractivity contribution in [1.29, 1.82) is 0 Å². The number of fused-ring (bicyclic) bond motifs is 1. The van der Waals surface area contributed by atoms with Crippen molar-refractivity contribution in [2.45, 2.75) is 19.3 Å². The molecule has 0 saturated carbocycles. The molecule has 2 aromatic rings. The molecule has 2 heterocycles. The van der Waals surface area contributed by atoms with Crippen LogP contribution in [0.25, 0.3) is 5.65 Å². The third-order valence-electron chi connectivity index (χ3n) is 2.17. The van der Waals surface area contributed by atoms with Gasteiger partial charge in [-0.1, -0.05) is 0 Å². The van der Waals surface area contributed by atoms with E-state index in [2.05, 4.69) is 10.1 Å². The Kier molecular flexibility index (Phi) is 2.62. The summed E-state index contributed by atoms with van der Waals surface area (Å²) in [5, 5.41) is 12.7. The van der Waals surface area contributed by atoms with E-state index in [1.807, 2.05) is 12.1 Å². The first-order valence-corrected chi connectivity index (χ1v) is 4.77. The molecule has 15 heavy (non-hydrogen) atoms. The van der Waals surface area contributed by atoms with Crippen LogP contribution in [0.1, 0.15) is 18.5 Å². The molecule has 5 heteroatoms. The van der Waals surface area contributed by atoms with Crippen molar-refractivity contribution < 1.29 is 9.90 Å². The lowest BCUT2D eigenvalue weighted by molar-refractivity contribution is -0.137. The van der Waals surface area contributed by atoms with Gasteiger partial charge in [0, 0.05) is 12.6 Å². The van der Waals surface area contributed by atoms with Gasteiger partial charge in [0.15, 0.2) is 5.65 Å². The number of hydrogen-bond donors (Lipinski definition) is 1. The number of aromatic nitrogens is 3. The van der Waals surface area contributed by atoms with E-state index in [1.165, 1.54) is 0 Å². The molecule has 1 N–H and O–H groups in total. The molecule has 0 aliphatic heterocycles. The van der Waals surface area contributed by atoms with E-state index in [1.54, 1.807) is 16.9 Å². The van der Waals surface area contributed by atoms with Crippen molar-refractivity contribution >= 4 is 11.6 Å². The standard InChI is InChI=1S/C10H11N3O2/c14-10(15)5-1-3-8-7-11-9-4-2-6-12-13(8)9/h2,4,6-7H,1,3,5H2,(H,14,15). The van der Waals surface area contributed by atoms with E-state index in [0.717, 1.165) is 11.3 Å². The first-order chi connectivity index (χ1) is 7.27. The lowest BCUT2D eigenvalue weighted by Crippen LogP contribution is -1.99. The van der Waals surface area contributed by atoms with Crippen molar-refractivity contribution in [2.75, 3.05) is 0 Å². The highest BCUT2D eigenvalue weighted by atomic mass is 16.4. The molecule has 0 aliphatic carbocycles. The Morgan fingerprint density at radius 3 is 3.20 bits per heavy atom. The predicted octanol–water partition coefficient (Wildman–Crippen LogP) is 1.14. The number of carboxylic acid groups (broad SMARTS) is 1. The second-order valence-electron chi connectivity index (χ2n) is 3.29. The fraction of sp³-hybridized carbons (Fsp3) is 0.300. The first-order valence-electron chi connectivity index (χ1n) is 4.77. The number of carboxylic acids is 1. The normalized spacial score (nSPS) is 10.7. The molecule has 0 unspecified atom stereocenters. The Morgan fingerprint density at radius 1 is 1.53 bits per heavy atom. The summed E-state index contributed by atoms with van der Waals surface area (Å²) in [5.41, 5.74) is 1.75. The summed E-state index contributed by atoms with van der Waals surface area (Å²) in [7, 11) is 0. The molecule has 2 rings (SSSR count). The average Bonchev–Trinajstić information content (AvgIpc) is 2.62. The molecule has 0 amide bonds. The quantitative estimate of drug-likeness (QED) is 0.812. The Morgan fingerprint density at radius 2 is 2.40 bits per heavy atom. The van der Waals surface area contributed by atoms with Gasteiger partial charge < -0.3 is 5.11 Å². The third kappa shape index (κ3) is 2.12. The molecule has 0 spiro atoms. The van der Waals surface area contributed by atoms with Gasteiger partial charge in [0.05, 0.1) is 11.9 Å². The van der Waals surface area contributed by atoms with Crippen molar-refractivity contribution in [3.05, 3.63) is 30.2 Å². The van der Waals surface area contributed by atoms with Gasteiger partial charge in [0.1, 0.15) is 0 Å². The molecule has 0 radical (unpaired) electrons. The minimum absolute atomic E-state index is 0.181. The molecule has 0 bridgehead atoms. The van der Waals surface area contributed by atoms with Gasteiger partial charge in [-0.15, -0.1) is 0 Å². The Bertz CT molecular complexity index is 478. The van der Waals surface area contributed by atoms with Crippen LogP contribution in [0.15, 0.2) is 24.5 Å². The Balaban J connectivity index is 2.11. The zero-order valence-corrected chi connectivity index (χ0v) is 8.13. The van der Waals surface area contributed by atoms with E-state index < -0.39 is 5.97 Å². The van der Waals surface area contributed by atoms with Crippen LogP contribution in [0.2, 0.25) is 0 Å². The van der Waals surface area contributed by atoms with Crippen LogP contribution in [-0.4, -0.2) is 25.7 Å². The Hall–Kier alpha value is -1.91. The molecule has 0 atom stereocenters. The van der Waals surface area contributed by atoms with Crippen LogP contribution >= 0.6 is 0 Å². The maximum Gasteiger partial charge on any atom is 0.303 e. The summed E-state index contributed by atoms with van der Waals surface area (Å²) in [4.78, 5) is 14.5. The largest absolute Gasteiger partial charge is 0.481 e. The lowest BCUT2D eigenvalue weighted by atomic mass is 10.2. The third-order valence-corrected chi connectivity index (χ3v) is 2.17. The second kappa shape index (κ2) is 4.08. The first kappa shape index (κ1) is 9.64. The second-order valence-corrected chi connectivity index (χ2v) is 3.29. The maximum absolute atomic E-state index is 10.4. The summed E-state index contributed by atoms with van der Waals surface area (Å²) in [6.07, 6.45) is 4.91. The van der Waals surface area contributed by atoms with Gasteiger partial charge in [0.2, 0.25) is 0 Å². The van der Waals surface area contributed by atoms with Crippen LogP contribution in [-0.2, 0) is 11.2 Å². The molecule has 0 aliphatic rings. The van der Waals surface area contributed by atoms with Crippen LogP contribution < -0.4 is 0 Å². The van der Waals surface area contributed by atoms with Gasteiger partial charge in [-0.05, 0) is 25.0 Å². The molecule has 78 valence electrons. The average molecular weight is 205 g/mol. The highest BCUT2D eigenvalue weighted by Crippen LogP contribution is 2.07. The van der Waals surface area contributed by atoms with E-state index in [9.17, 15) is 4.79 Å². The molecule has 0 fully saturated rings. The molecule has 2 aromatic heterocycles. The van der Waals surface area contributed by atoms with Gasteiger partial charge in [-0.2, -0.15) is 5.10 Å². The molecule has 0 aromatic carbocycles. The number of aliphatic carboxylic acids is 1. The van der Waals surface area contributed by atoms with Gasteiger partial charge >= 0.3 is 5.97 Å². The highest BCUT2D eigenvalue weighted by molar-refractivity contribution is 5.66. The number of rotatable bonds is 4. The molecular weight excluding hydrogens is 194 g/mol. The smallest absolute Gasteiger partial charge is 0.303 e. The minimum Gasteiger partial charge on any atom is -0.481 e.